The number of carbonyl (C=O) groups excluding carboxylic acids is 2. The van der Waals surface area contributed by atoms with Gasteiger partial charge in [-0.1, -0.05) is 11.6 Å². The lowest BCUT2D eigenvalue weighted by Crippen LogP contribution is -2.28. The quantitative estimate of drug-likeness (QED) is 0.551. The molecule has 0 aromatic heterocycles. The van der Waals surface area contributed by atoms with Crippen LogP contribution in [0, 0.1) is 0 Å². The Kier molecular flexibility index (Phi) is 4.71. The highest BCUT2D eigenvalue weighted by atomic mass is 35.5. The van der Waals surface area contributed by atoms with Crippen molar-refractivity contribution in [2.45, 2.75) is 0 Å². The molecule has 0 aliphatic carbocycles. The lowest BCUT2D eigenvalue weighted by Gasteiger charge is -2.14. The zero-order chi connectivity index (χ0) is 14.6. The first-order valence-corrected chi connectivity index (χ1v) is 5.61. The van der Waals surface area contributed by atoms with Crippen molar-refractivity contribution in [2.24, 2.45) is 16.5 Å². The van der Waals surface area contributed by atoms with Gasteiger partial charge in [-0.25, -0.2) is 4.79 Å². The molecule has 0 aliphatic heterocycles. The molecule has 0 fully saturated rings. The number of rotatable bonds is 2. The molecule has 0 radical (unpaired) electrons. The second-order valence-electron chi connectivity index (χ2n) is 3.86. The van der Waals surface area contributed by atoms with Crippen LogP contribution in [0.4, 0.5) is 10.5 Å². The Morgan fingerprint density at radius 1 is 1.32 bits per heavy atom. The average Bonchev–Trinajstić information content (AvgIpc) is 2.30. The van der Waals surface area contributed by atoms with Gasteiger partial charge in [0.05, 0.1) is 11.3 Å². The van der Waals surface area contributed by atoms with Crippen LogP contribution in [0.25, 0.3) is 0 Å². The van der Waals surface area contributed by atoms with Crippen LogP contribution in [0.2, 0.25) is 5.02 Å². The summed E-state index contributed by atoms with van der Waals surface area (Å²) in [6, 6.07) is 4.03. The number of amides is 3. The fourth-order valence-corrected chi connectivity index (χ4v) is 1.38. The topological polar surface area (TPSA) is 114 Å². The standard InChI is InChI=1S/C11H14ClN5O2/c1-17(2)11(19)15-8-4-3-6(12)5-7(8)9(18)16-10(13)14/h3-5H,1-2H3,(H,15,19)(H4,13,14,16,18). The molecule has 0 unspecified atom stereocenters. The Labute approximate surface area is 115 Å². The summed E-state index contributed by atoms with van der Waals surface area (Å²) in [5.74, 6) is -1.05. The number of aliphatic imine (C=N–C) groups is 1. The second kappa shape index (κ2) is 6.05. The number of hydrogen-bond acceptors (Lipinski definition) is 2. The molecular weight excluding hydrogens is 270 g/mol. The summed E-state index contributed by atoms with van der Waals surface area (Å²) in [6.07, 6.45) is 0. The van der Waals surface area contributed by atoms with Crippen molar-refractivity contribution in [1.82, 2.24) is 4.90 Å². The van der Waals surface area contributed by atoms with Crippen molar-refractivity contribution in [2.75, 3.05) is 19.4 Å². The average molecular weight is 284 g/mol. The molecule has 102 valence electrons. The van der Waals surface area contributed by atoms with Gasteiger partial charge in [0.25, 0.3) is 5.91 Å². The van der Waals surface area contributed by atoms with Crippen LogP contribution in [-0.2, 0) is 0 Å². The Morgan fingerprint density at radius 3 is 2.47 bits per heavy atom. The number of hydrogen-bond donors (Lipinski definition) is 3. The maximum Gasteiger partial charge on any atom is 0.321 e. The molecule has 1 aromatic carbocycles. The number of nitrogens with one attached hydrogen (secondary N) is 1. The molecule has 0 heterocycles. The van der Waals surface area contributed by atoms with E-state index in [4.69, 9.17) is 23.1 Å². The van der Waals surface area contributed by atoms with Gasteiger partial charge in [0, 0.05) is 19.1 Å². The molecule has 0 spiro atoms. The predicted molar refractivity (Wildman–Crippen MR) is 74.3 cm³/mol. The number of anilines is 1. The third kappa shape index (κ3) is 4.14. The number of halogens is 1. The summed E-state index contributed by atoms with van der Waals surface area (Å²) >= 11 is 5.81. The van der Waals surface area contributed by atoms with Gasteiger partial charge in [0.2, 0.25) is 0 Å². The van der Waals surface area contributed by atoms with Crippen LogP contribution < -0.4 is 16.8 Å². The maximum absolute atomic E-state index is 11.8. The summed E-state index contributed by atoms with van der Waals surface area (Å²) in [6.45, 7) is 0. The first kappa shape index (κ1) is 14.8. The summed E-state index contributed by atoms with van der Waals surface area (Å²) in [7, 11) is 3.14. The largest absolute Gasteiger partial charge is 0.370 e. The molecule has 0 saturated carbocycles. The number of nitrogens with two attached hydrogens (primary N) is 2. The van der Waals surface area contributed by atoms with Gasteiger partial charge < -0.3 is 21.7 Å². The first-order chi connectivity index (χ1) is 8.81. The third-order valence-corrected chi connectivity index (χ3v) is 2.33. The first-order valence-electron chi connectivity index (χ1n) is 5.23. The van der Waals surface area contributed by atoms with Gasteiger partial charge in [0.1, 0.15) is 0 Å². The van der Waals surface area contributed by atoms with Gasteiger partial charge >= 0.3 is 6.03 Å². The predicted octanol–water partition coefficient (Wildman–Crippen LogP) is 0.847. The maximum atomic E-state index is 11.8. The van der Waals surface area contributed by atoms with E-state index in [1.54, 1.807) is 20.2 Å². The monoisotopic (exact) mass is 283 g/mol. The minimum Gasteiger partial charge on any atom is -0.370 e. The van der Waals surface area contributed by atoms with Crippen LogP contribution in [0.1, 0.15) is 10.4 Å². The fourth-order valence-electron chi connectivity index (χ4n) is 1.21. The Balaban J connectivity index is 3.15. The number of guanidine groups is 1. The molecule has 0 saturated heterocycles. The molecule has 1 aromatic rings. The van der Waals surface area contributed by atoms with Gasteiger partial charge in [-0.3, -0.25) is 4.79 Å². The molecule has 0 aliphatic rings. The van der Waals surface area contributed by atoms with Crippen molar-refractivity contribution < 1.29 is 9.59 Å². The van der Waals surface area contributed by atoms with E-state index in [9.17, 15) is 9.59 Å². The normalized spacial score (nSPS) is 9.63. The van der Waals surface area contributed by atoms with Crippen molar-refractivity contribution >= 4 is 35.2 Å². The highest BCUT2D eigenvalue weighted by Gasteiger charge is 2.14. The van der Waals surface area contributed by atoms with Gasteiger partial charge in [0.15, 0.2) is 5.96 Å². The van der Waals surface area contributed by atoms with Gasteiger partial charge in [-0.05, 0) is 18.2 Å². The molecule has 8 heteroatoms. The van der Waals surface area contributed by atoms with Crippen LogP contribution >= 0.6 is 11.6 Å². The van der Waals surface area contributed by atoms with Crippen molar-refractivity contribution in [1.29, 1.82) is 0 Å². The Morgan fingerprint density at radius 2 is 1.95 bits per heavy atom. The van der Waals surface area contributed by atoms with E-state index in [1.165, 1.54) is 17.0 Å². The minimum atomic E-state index is -0.684. The molecule has 1 rings (SSSR count). The van der Waals surface area contributed by atoms with Crippen LogP contribution in [-0.4, -0.2) is 36.9 Å². The van der Waals surface area contributed by atoms with Gasteiger partial charge in [-0.2, -0.15) is 4.99 Å². The SMILES string of the molecule is CN(C)C(=O)Nc1ccc(Cl)cc1C(=O)N=C(N)N. The van der Waals surface area contributed by atoms with E-state index in [-0.39, 0.29) is 23.2 Å². The lowest BCUT2D eigenvalue weighted by molar-refractivity contribution is 0.100. The molecule has 7 nitrogen and oxygen atoms in total. The fraction of sp³-hybridized carbons (Fsp3) is 0.182. The van der Waals surface area contributed by atoms with Crippen LogP contribution in [0.15, 0.2) is 23.2 Å². The Bertz CT molecular complexity index is 538. The third-order valence-electron chi connectivity index (χ3n) is 2.09. The van der Waals surface area contributed by atoms with E-state index in [1.807, 2.05) is 0 Å². The molecule has 0 atom stereocenters. The number of nitrogens with zero attached hydrogens (tertiary/aromatic N) is 2. The van der Waals surface area contributed by atoms with Crippen LogP contribution in [0.3, 0.4) is 0 Å². The van der Waals surface area contributed by atoms with Gasteiger partial charge in [-0.15, -0.1) is 0 Å². The van der Waals surface area contributed by atoms with E-state index in [2.05, 4.69) is 10.3 Å². The number of benzene rings is 1. The van der Waals surface area contributed by atoms with Crippen molar-refractivity contribution in [3.05, 3.63) is 28.8 Å². The van der Waals surface area contributed by atoms with Crippen LogP contribution in [0.5, 0.6) is 0 Å². The summed E-state index contributed by atoms with van der Waals surface area (Å²) < 4.78 is 0. The van der Waals surface area contributed by atoms with E-state index in [0.29, 0.717) is 5.02 Å². The highest BCUT2D eigenvalue weighted by molar-refractivity contribution is 6.31. The second-order valence-corrected chi connectivity index (χ2v) is 4.29. The molecule has 5 N–H and O–H groups in total. The highest BCUT2D eigenvalue weighted by Crippen LogP contribution is 2.21. The lowest BCUT2D eigenvalue weighted by atomic mass is 10.1. The smallest absolute Gasteiger partial charge is 0.321 e. The van der Waals surface area contributed by atoms with Crippen molar-refractivity contribution in [3.8, 4) is 0 Å². The van der Waals surface area contributed by atoms with E-state index >= 15 is 0 Å². The van der Waals surface area contributed by atoms with E-state index in [0.717, 1.165) is 0 Å². The minimum absolute atomic E-state index is 0.108. The summed E-state index contributed by atoms with van der Waals surface area (Å²) in [4.78, 5) is 28.1. The summed E-state index contributed by atoms with van der Waals surface area (Å²) in [5, 5.41) is 2.88. The zero-order valence-corrected chi connectivity index (χ0v) is 11.2. The number of urea groups is 1. The summed E-state index contributed by atoms with van der Waals surface area (Å²) in [5.41, 5.74) is 10.7. The molecule has 19 heavy (non-hydrogen) atoms. The van der Waals surface area contributed by atoms with Crippen molar-refractivity contribution in [3.63, 3.8) is 0 Å². The zero-order valence-electron chi connectivity index (χ0n) is 10.5. The molecule has 0 bridgehead atoms. The molecule has 3 amide bonds. The Hall–Kier alpha value is -2.28. The molecular formula is C11H14ClN5O2. The van der Waals surface area contributed by atoms with E-state index < -0.39 is 5.91 Å². The number of carbonyl (C=O) groups is 2.